The molecule has 0 atom stereocenters. The Morgan fingerprint density at radius 1 is 1.24 bits per heavy atom. The molecule has 100 valence electrons. The lowest BCUT2D eigenvalue weighted by atomic mass is 9.88. The molecule has 0 amide bonds. The lowest BCUT2D eigenvalue weighted by Crippen LogP contribution is -2.45. The van der Waals surface area contributed by atoms with Crippen molar-refractivity contribution in [1.29, 1.82) is 0 Å². The van der Waals surface area contributed by atoms with E-state index in [0.29, 0.717) is 0 Å². The molecule has 1 aliphatic rings. The number of nitroso groups, excluding NO2 is 1. The molecule has 0 aliphatic heterocycles. The maximum atomic E-state index is 10.7. The van der Waals surface area contributed by atoms with Crippen LogP contribution in [0.25, 0.3) is 0 Å². The zero-order chi connectivity index (χ0) is 12.7. The quantitative estimate of drug-likeness (QED) is 0.400. The molecule has 0 aromatic rings. The zero-order valence-electron chi connectivity index (χ0n) is 11.3. The van der Waals surface area contributed by atoms with Gasteiger partial charge in [-0.25, -0.2) is 0 Å². The molecule has 1 aliphatic carbocycles. The van der Waals surface area contributed by atoms with Gasteiger partial charge in [0.2, 0.25) is 0 Å². The molecule has 1 saturated carbocycles. The van der Waals surface area contributed by atoms with Crippen molar-refractivity contribution in [1.82, 2.24) is 9.80 Å². The highest BCUT2D eigenvalue weighted by Gasteiger charge is 2.35. The second-order valence-electron chi connectivity index (χ2n) is 5.28. The third kappa shape index (κ3) is 4.94. The largest absolute Gasteiger partial charge is 0.297 e. The summed E-state index contributed by atoms with van der Waals surface area (Å²) in [5, 5.41) is 0. The molecule has 1 fully saturated rings. The SMILES string of the molecule is CCN(CN(C)C)CC1(SN=O)CCCCC1. The van der Waals surface area contributed by atoms with Crippen molar-refractivity contribution < 1.29 is 0 Å². The summed E-state index contributed by atoms with van der Waals surface area (Å²) >= 11 is 1.28. The van der Waals surface area contributed by atoms with Crippen molar-refractivity contribution in [2.45, 2.75) is 43.8 Å². The van der Waals surface area contributed by atoms with Gasteiger partial charge < -0.3 is 0 Å². The summed E-state index contributed by atoms with van der Waals surface area (Å²) in [6, 6.07) is 0. The fourth-order valence-corrected chi connectivity index (χ4v) is 3.49. The predicted octanol–water partition coefficient (Wildman–Crippen LogP) is 2.94. The fraction of sp³-hybridized carbons (Fsp3) is 1.00. The van der Waals surface area contributed by atoms with Gasteiger partial charge in [-0.15, -0.1) is 4.91 Å². The minimum atomic E-state index is 0.0754. The van der Waals surface area contributed by atoms with Gasteiger partial charge in [-0.05, 0) is 33.5 Å². The van der Waals surface area contributed by atoms with Crippen molar-refractivity contribution in [3.8, 4) is 0 Å². The average Bonchev–Trinajstić information content (AvgIpc) is 2.29. The Kier molecular flexibility index (Phi) is 6.44. The van der Waals surface area contributed by atoms with Gasteiger partial charge in [0, 0.05) is 23.1 Å². The van der Waals surface area contributed by atoms with E-state index in [2.05, 4.69) is 35.4 Å². The summed E-state index contributed by atoms with van der Waals surface area (Å²) in [7, 11) is 4.17. The van der Waals surface area contributed by atoms with Crippen LogP contribution >= 0.6 is 11.9 Å². The Balaban J connectivity index is 2.59. The van der Waals surface area contributed by atoms with Gasteiger partial charge in [0.15, 0.2) is 0 Å². The molecule has 0 unspecified atom stereocenters. The van der Waals surface area contributed by atoms with Gasteiger partial charge in [-0.2, -0.15) is 0 Å². The van der Waals surface area contributed by atoms with Crippen LogP contribution in [0.1, 0.15) is 39.0 Å². The van der Waals surface area contributed by atoms with Crippen LogP contribution in [0.4, 0.5) is 0 Å². The van der Waals surface area contributed by atoms with E-state index in [-0.39, 0.29) is 4.75 Å². The minimum absolute atomic E-state index is 0.0754. The van der Waals surface area contributed by atoms with Crippen LogP contribution in [-0.2, 0) is 0 Å². The van der Waals surface area contributed by atoms with Crippen molar-refractivity contribution in [2.24, 2.45) is 4.58 Å². The van der Waals surface area contributed by atoms with Gasteiger partial charge in [0.05, 0.1) is 11.4 Å². The molecular formula is C12H25N3OS. The summed E-state index contributed by atoms with van der Waals surface area (Å²) < 4.78 is 3.20. The molecule has 0 aromatic carbocycles. The maximum absolute atomic E-state index is 10.7. The molecule has 0 saturated heterocycles. The Labute approximate surface area is 109 Å². The van der Waals surface area contributed by atoms with Gasteiger partial charge in [0.1, 0.15) is 0 Å². The standard InChI is InChI=1S/C12H25N3OS/c1-4-15(11-14(2)3)10-12(17-13-16)8-6-5-7-9-12/h4-11H2,1-3H3. The Bertz CT molecular complexity index is 230. The van der Waals surface area contributed by atoms with Crippen molar-refractivity contribution >= 4 is 11.9 Å². The average molecular weight is 259 g/mol. The Morgan fingerprint density at radius 3 is 2.35 bits per heavy atom. The highest BCUT2D eigenvalue weighted by Crippen LogP contribution is 2.41. The number of nitrogens with zero attached hydrogens (tertiary/aromatic N) is 3. The summed E-state index contributed by atoms with van der Waals surface area (Å²) in [4.78, 5) is 15.2. The van der Waals surface area contributed by atoms with Crippen molar-refractivity contribution in [2.75, 3.05) is 33.9 Å². The number of hydrogen-bond acceptors (Lipinski definition) is 5. The van der Waals surface area contributed by atoms with Crippen LogP contribution in [0, 0.1) is 4.91 Å². The molecule has 5 heteroatoms. The van der Waals surface area contributed by atoms with Crippen LogP contribution in [0.3, 0.4) is 0 Å². The maximum Gasteiger partial charge on any atom is 0.0539 e. The predicted molar refractivity (Wildman–Crippen MR) is 75.0 cm³/mol. The molecule has 0 aromatic heterocycles. The first-order valence-corrected chi connectivity index (χ1v) is 7.27. The summed E-state index contributed by atoms with van der Waals surface area (Å²) in [6.07, 6.45) is 6.05. The molecule has 4 nitrogen and oxygen atoms in total. The van der Waals surface area contributed by atoms with Crippen LogP contribution in [0.15, 0.2) is 4.58 Å². The topological polar surface area (TPSA) is 35.9 Å². The first-order valence-electron chi connectivity index (χ1n) is 6.50. The first kappa shape index (κ1) is 14.9. The second kappa shape index (κ2) is 7.34. The normalized spacial score (nSPS) is 19.8. The van der Waals surface area contributed by atoms with E-state index in [0.717, 1.165) is 32.6 Å². The number of rotatable bonds is 7. The lowest BCUT2D eigenvalue weighted by Gasteiger charge is -2.38. The third-order valence-corrected chi connectivity index (χ3v) is 4.44. The van der Waals surface area contributed by atoms with E-state index in [9.17, 15) is 4.91 Å². The van der Waals surface area contributed by atoms with E-state index in [1.807, 2.05) is 0 Å². The molecule has 0 N–H and O–H groups in total. The van der Waals surface area contributed by atoms with E-state index >= 15 is 0 Å². The van der Waals surface area contributed by atoms with Crippen LogP contribution in [0.2, 0.25) is 0 Å². The molecule has 17 heavy (non-hydrogen) atoms. The summed E-state index contributed by atoms with van der Waals surface area (Å²) in [6.45, 7) is 5.15. The molecule has 0 radical (unpaired) electrons. The van der Waals surface area contributed by atoms with E-state index in [4.69, 9.17) is 0 Å². The zero-order valence-corrected chi connectivity index (χ0v) is 12.1. The Morgan fingerprint density at radius 2 is 1.88 bits per heavy atom. The summed E-state index contributed by atoms with van der Waals surface area (Å²) in [5.74, 6) is 0. The van der Waals surface area contributed by atoms with E-state index in [1.54, 1.807) is 0 Å². The lowest BCUT2D eigenvalue weighted by molar-refractivity contribution is 0.156. The molecular weight excluding hydrogens is 234 g/mol. The molecule has 0 spiro atoms. The van der Waals surface area contributed by atoms with Crippen LogP contribution < -0.4 is 0 Å². The van der Waals surface area contributed by atoms with Crippen molar-refractivity contribution in [3.63, 3.8) is 0 Å². The third-order valence-electron chi connectivity index (χ3n) is 3.44. The van der Waals surface area contributed by atoms with Gasteiger partial charge in [-0.1, -0.05) is 26.2 Å². The van der Waals surface area contributed by atoms with Crippen LogP contribution in [-0.4, -0.2) is 48.4 Å². The second-order valence-corrected chi connectivity index (χ2v) is 6.47. The van der Waals surface area contributed by atoms with Gasteiger partial charge in [0.25, 0.3) is 0 Å². The molecule has 0 heterocycles. The smallest absolute Gasteiger partial charge is 0.0539 e. The Hall–Kier alpha value is -0.130. The van der Waals surface area contributed by atoms with Crippen molar-refractivity contribution in [3.05, 3.63) is 4.91 Å². The molecule has 1 rings (SSSR count). The minimum Gasteiger partial charge on any atom is -0.297 e. The van der Waals surface area contributed by atoms with Gasteiger partial charge >= 0.3 is 0 Å². The highest BCUT2D eigenvalue weighted by atomic mass is 32.2. The first-order chi connectivity index (χ1) is 8.12. The molecule has 0 bridgehead atoms. The monoisotopic (exact) mass is 259 g/mol. The highest BCUT2D eigenvalue weighted by molar-refractivity contribution is 7.99. The van der Waals surface area contributed by atoms with E-state index in [1.165, 1.54) is 31.2 Å². The van der Waals surface area contributed by atoms with Crippen LogP contribution in [0.5, 0.6) is 0 Å². The fourth-order valence-electron chi connectivity index (χ4n) is 2.62. The summed E-state index contributed by atoms with van der Waals surface area (Å²) in [5.41, 5.74) is 0. The number of hydrogen-bond donors (Lipinski definition) is 0. The van der Waals surface area contributed by atoms with E-state index < -0.39 is 0 Å². The van der Waals surface area contributed by atoms with Gasteiger partial charge in [-0.3, -0.25) is 9.80 Å².